The van der Waals surface area contributed by atoms with E-state index in [2.05, 4.69) is 15.4 Å². The zero-order chi connectivity index (χ0) is 11.5. The molecule has 1 N–H and O–H groups in total. The maximum Gasteiger partial charge on any atom is 0.255 e. The average Bonchev–Trinajstić information content (AvgIpc) is 2.86. The van der Waals surface area contributed by atoms with E-state index in [0.29, 0.717) is 11.4 Å². The fourth-order valence-corrected chi connectivity index (χ4v) is 1.44. The molecule has 1 unspecified atom stereocenters. The maximum absolute atomic E-state index is 11.7. The molecule has 0 radical (unpaired) electrons. The van der Waals surface area contributed by atoms with Gasteiger partial charge in [0.15, 0.2) is 0 Å². The third-order valence-electron chi connectivity index (χ3n) is 2.26. The van der Waals surface area contributed by atoms with E-state index in [1.807, 2.05) is 6.92 Å². The molecule has 0 aromatic carbocycles. The summed E-state index contributed by atoms with van der Waals surface area (Å²) in [5.74, 6) is 0.515. The second-order valence-corrected chi connectivity index (χ2v) is 3.45. The molecule has 0 saturated carbocycles. The molecular weight excluding hydrogens is 208 g/mol. The van der Waals surface area contributed by atoms with Gasteiger partial charge in [-0.25, -0.2) is 4.98 Å². The van der Waals surface area contributed by atoms with Gasteiger partial charge in [0, 0.05) is 7.05 Å². The van der Waals surface area contributed by atoms with Gasteiger partial charge in [0.2, 0.25) is 0 Å². The van der Waals surface area contributed by atoms with Crippen molar-refractivity contribution < 1.29 is 9.21 Å². The van der Waals surface area contributed by atoms with E-state index in [0.717, 1.165) is 0 Å². The predicted octanol–water partition coefficient (Wildman–Crippen LogP) is 0.899. The van der Waals surface area contributed by atoms with Crippen molar-refractivity contribution in [2.45, 2.75) is 13.0 Å². The van der Waals surface area contributed by atoms with Crippen molar-refractivity contribution in [1.82, 2.24) is 20.1 Å². The van der Waals surface area contributed by atoms with Crippen LogP contribution in [0.3, 0.4) is 0 Å². The zero-order valence-electron chi connectivity index (χ0n) is 9.04. The van der Waals surface area contributed by atoms with Crippen LogP contribution in [0.5, 0.6) is 0 Å². The van der Waals surface area contributed by atoms with E-state index in [9.17, 15) is 4.79 Å². The predicted molar refractivity (Wildman–Crippen MR) is 55.6 cm³/mol. The van der Waals surface area contributed by atoms with E-state index in [1.54, 1.807) is 17.8 Å². The molecule has 1 amide bonds. The summed E-state index contributed by atoms with van der Waals surface area (Å²) < 4.78 is 6.46. The molecule has 0 spiro atoms. The number of rotatable bonds is 3. The molecule has 2 heterocycles. The number of nitrogens with zero attached hydrogens (tertiary/aromatic N) is 3. The van der Waals surface area contributed by atoms with E-state index in [-0.39, 0.29) is 11.9 Å². The topological polar surface area (TPSA) is 73.0 Å². The van der Waals surface area contributed by atoms with Gasteiger partial charge in [0.05, 0.1) is 17.9 Å². The number of hydrogen-bond donors (Lipinski definition) is 1. The normalized spacial score (nSPS) is 12.4. The summed E-state index contributed by atoms with van der Waals surface area (Å²) in [7, 11) is 1.78. The molecular formula is C10H12N4O2. The van der Waals surface area contributed by atoms with Crippen LogP contribution in [-0.2, 0) is 7.05 Å². The van der Waals surface area contributed by atoms with Crippen molar-refractivity contribution in [3.8, 4) is 0 Å². The Kier molecular flexibility index (Phi) is 2.72. The van der Waals surface area contributed by atoms with Gasteiger partial charge in [0.1, 0.15) is 18.4 Å². The smallest absolute Gasteiger partial charge is 0.255 e. The quantitative estimate of drug-likeness (QED) is 0.834. The van der Waals surface area contributed by atoms with Crippen LogP contribution in [0.2, 0.25) is 0 Å². The molecule has 6 heteroatoms. The lowest BCUT2D eigenvalue weighted by atomic mass is 10.2. The molecule has 0 bridgehead atoms. The molecule has 2 aromatic rings. The summed E-state index contributed by atoms with van der Waals surface area (Å²) in [5, 5.41) is 6.75. The molecule has 84 valence electrons. The molecule has 2 aromatic heterocycles. The monoisotopic (exact) mass is 220 g/mol. The Morgan fingerprint density at radius 2 is 2.44 bits per heavy atom. The molecule has 0 aliphatic heterocycles. The Labute approximate surface area is 92.3 Å². The highest BCUT2D eigenvalue weighted by Crippen LogP contribution is 2.09. The van der Waals surface area contributed by atoms with Crippen molar-refractivity contribution in [2.24, 2.45) is 7.05 Å². The number of aromatic nitrogens is 3. The lowest BCUT2D eigenvalue weighted by Gasteiger charge is -2.11. The summed E-state index contributed by atoms with van der Waals surface area (Å²) >= 11 is 0. The Bertz CT molecular complexity index is 475. The highest BCUT2D eigenvalue weighted by molar-refractivity contribution is 5.93. The van der Waals surface area contributed by atoms with Crippen LogP contribution < -0.4 is 5.32 Å². The highest BCUT2D eigenvalue weighted by Gasteiger charge is 2.15. The summed E-state index contributed by atoms with van der Waals surface area (Å²) in [6.07, 6.45) is 4.32. The van der Waals surface area contributed by atoms with Crippen molar-refractivity contribution in [3.05, 3.63) is 36.3 Å². The van der Waals surface area contributed by atoms with E-state index >= 15 is 0 Å². The van der Waals surface area contributed by atoms with Gasteiger partial charge in [-0.05, 0) is 13.0 Å². The second kappa shape index (κ2) is 4.18. The van der Waals surface area contributed by atoms with Crippen LogP contribution in [0.25, 0.3) is 0 Å². The van der Waals surface area contributed by atoms with Crippen LogP contribution in [-0.4, -0.2) is 20.7 Å². The third kappa shape index (κ3) is 1.95. The van der Waals surface area contributed by atoms with Crippen LogP contribution in [0.4, 0.5) is 0 Å². The van der Waals surface area contributed by atoms with Gasteiger partial charge in [-0.1, -0.05) is 0 Å². The first kappa shape index (κ1) is 10.4. The number of carbonyl (C=O) groups excluding carboxylic acids is 1. The molecule has 0 saturated heterocycles. The summed E-state index contributed by atoms with van der Waals surface area (Å²) in [6, 6.07) is 1.41. The second-order valence-electron chi connectivity index (χ2n) is 3.45. The number of aryl methyl sites for hydroxylation is 1. The number of furan rings is 1. The van der Waals surface area contributed by atoms with E-state index in [1.165, 1.54) is 18.9 Å². The Morgan fingerprint density at radius 1 is 1.62 bits per heavy atom. The van der Waals surface area contributed by atoms with Crippen LogP contribution >= 0.6 is 0 Å². The Hall–Kier alpha value is -2.11. The molecule has 0 aliphatic carbocycles. The number of hydrogen-bond acceptors (Lipinski definition) is 4. The first-order valence-corrected chi connectivity index (χ1v) is 4.85. The van der Waals surface area contributed by atoms with Gasteiger partial charge in [0.25, 0.3) is 5.91 Å². The fourth-order valence-electron chi connectivity index (χ4n) is 1.44. The first-order valence-electron chi connectivity index (χ1n) is 4.85. The summed E-state index contributed by atoms with van der Waals surface area (Å²) in [6.45, 7) is 1.85. The van der Waals surface area contributed by atoms with Gasteiger partial charge in [-0.2, -0.15) is 5.10 Å². The van der Waals surface area contributed by atoms with Gasteiger partial charge >= 0.3 is 0 Å². The Morgan fingerprint density at radius 3 is 3.00 bits per heavy atom. The van der Waals surface area contributed by atoms with Gasteiger partial charge in [-0.3, -0.25) is 9.48 Å². The number of carbonyl (C=O) groups is 1. The SMILES string of the molecule is CC(NC(=O)c1ccoc1)c1ncnn1C. The van der Waals surface area contributed by atoms with Gasteiger partial charge < -0.3 is 9.73 Å². The third-order valence-corrected chi connectivity index (χ3v) is 2.26. The molecule has 6 nitrogen and oxygen atoms in total. The summed E-state index contributed by atoms with van der Waals surface area (Å²) in [5.41, 5.74) is 0.494. The van der Waals surface area contributed by atoms with E-state index < -0.39 is 0 Å². The van der Waals surface area contributed by atoms with Crippen molar-refractivity contribution in [1.29, 1.82) is 0 Å². The molecule has 0 fully saturated rings. The van der Waals surface area contributed by atoms with Crippen LogP contribution in [0.15, 0.2) is 29.3 Å². The molecule has 16 heavy (non-hydrogen) atoms. The summed E-state index contributed by atoms with van der Waals surface area (Å²) in [4.78, 5) is 15.8. The average molecular weight is 220 g/mol. The van der Waals surface area contributed by atoms with Crippen LogP contribution in [0, 0.1) is 0 Å². The molecule has 0 aliphatic rings. The molecule has 2 rings (SSSR count). The lowest BCUT2D eigenvalue weighted by molar-refractivity contribution is 0.0937. The lowest BCUT2D eigenvalue weighted by Crippen LogP contribution is -2.28. The van der Waals surface area contributed by atoms with Crippen LogP contribution in [0.1, 0.15) is 29.1 Å². The number of amides is 1. The first-order chi connectivity index (χ1) is 7.68. The molecule has 1 atom stereocenters. The van der Waals surface area contributed by atoms with E-state index in [4.69, 9.17) is 4.42 Å². The van der Waals surface area contributed by atoms with Crippen molar-refractivity contribution in [2.75, 3.05) is 0 Å². The fraction of sp³-hybridized carbons (Fsp3) is 0.300. The maximum atomic E-state index is 11.7. The Balaban J connectivity index is 2.06. The number of nitrogens with one attached hydrogen (secondary N) is 1. The minimum Gasteiger partial charge on any atom is -0.472 e. The van der Waals surface area contributed by atoms with Crippen molar-refractivity contribution in [3.63, 3.8) is 0 Å². The van der Waals surface area contributed by atoms with Gasteiger partial charge in [-0.15, -0.1) is 0 Å². The standard InChI is InChI=1S/C10H12N4O2/c1-7(9-11-6-12-14(9)2)13-10(15)8-3-4-16-5-8/h3-7H,1-2H3,(H,13,15). The highest BCUT2D eigenvalue weighted by atomic mass is 16.3. The minimum absolute atomic E-state index is 0.191. The largest absolute Gasteiger partial charge is 0.472 e. The minimum atomic E-state index is -0.199. The zero-order valence-corrected chi connectivity index (χ0v) is 9.04. The van der Waals surface area contributed by atoms with Crippen molar-refractivity contribution >= 4 is 5.91 Å².